The first-order valence-electron chi connectivity index (χ1n) is 10.1. The minimum Gasteiger partial charge on any atom is -0.394 e. The summed E-state index contributed by atoms with van der Waals surface area (Å²) in [6, 6.07) is 11.9. The quantitative estimate of drug-likeness (QED) is 0.698. The van der Waals surface area contributed by atoms with Crippen molar-refractivity contribution in [3.8, 4) is 0 Å². The third kappa shape index (κ3) is 4.34. The zero-order valence-corrected chi connectivity index (χ0v) is 18.8. The Balaban J connectivity index is 1.57. The second-order valence-corrected chi connectivity index (χ2v) is 8.83. The van der Waals surface area contributed by atoms with Crippen LogP contribution in [0.3, 0.4) is 0 Å². The summed E-state index contributed by atoms with van der Waals surface area (Å²) < 4.78 is 25.3. The molecule has 0 aromatic heterocycles. The predicted octanol–water partition coefficient (Wildman–Crippen LogP) is 3.62. The van der Waals surface area contributed by atoms with E-state index in [1.165, 1.54) is 5.56 Å². The van der Waals surface area contributed by atoms with Crippen molar-refractivity contribution in [2.45, 2.75) is 57.8 Å². The highest BCUT2D eigenvalue weighted by atomic mass is 79.9. The molecule has 0 radical (unpaired) electrons. The summed E-state index contributed by atoms with van der Waals surface area (Å²) in [6.45, 7) is 5.96. The number of hydrogen-bond acceptors (Lipinski definition) is 6. The lowest BCUT2D eigenvalue weighted by Crippen LogP contribution is -2.58. The molecule has 2 heterocycles. The second kappa shape index (κ2) is 9.04. The van der Waals surface area contributed by atoms with Crippen LogP contribution in [0, 0.1) is 20.8 Å². The zero-order valence-electron chi connectivity index (χ0n) is 17.2. The van der Waals surface area contributed by atoms with Crippen molar-refractivity contribution in [2.75, 3.05) is 13.2 Å². The van der Waals surface area contributed by atoms with Gasteiger partial charge in [0.05, 0.1) is 13.2 Å². The fourth-order valence-corrected chi connectivity index (χ4v) is 4.17. The van der Waals surface area contributed by atoms with Gasteiger partial charge in [-0.3, -0.25) is 0 Å². The van der Waals surface area contributed by atoms with Gasteiger partial charge < -0.3 is 29.2 Å². The average Bonchev–Trinajstić information content (AvgIpc) is 2.75. The Hall–Kier alpha value is -1.32. The van der Waals surface area contributed by atoms with E-state index >= 15 is 0 Å². The number of fused-ring (bicyclic) bond motifs is 1. The minimum atomic E-state index is -1.10. The lowest BCUT2D eigenvalue weighted by Gasteiger charge is -2.47. The van der Waals surface area contributed by atoms with E-state index in [0.717, 1.165) is 26.7 Å². The van der Waals surface area contributed by atoms with Crippen molar-refractivity contribution in [2.24, 2.45) is 0 Å². The molecule has 6 atom stereocenters. The van der Waals surface area contributed by atoms with Crippen LogP contribution in [0.2, 0.25) is 0 Å². The number of rotatable bonds is 4. The smallest absolute Gasteiger partial charge is 0.185 e. The molecular formula is C23H27BrO6. The van der Waals surface area contributed by atoms with Crippen molar-refractivity contribution in [3.05, 3.63) is 68.7 Å². The van der Waals surface area contributed by atoms with E-state index in [1.54, 1.807) is 0 Å². The normalized spacial score (nSPS) is 30.0. The highest BCUT2D eigenvalue weighted by molar-refractivity contribution is 9.10. The van der Waals surface area contributed by atoms with E-state index in [1.807, 2.05) is 50.2 Å². The summed E-state index contributed by atoms with van der Waals surface area (Å²) in [5.74, 6) is 0. The lowest BCUT2D eigenvalue weighted by atomic mass is 9.99. The summed E-state index contributed by atoms with van der Waals surface area (Å²) >= 11 is 3.53. The SMILES string of the molecule is Cc1ccc(C2OC[C@@H]3OC(c4ccc(C)c(Br)c4)O[C@H]([C@H](O)CO)[C@@H]3O2)cc1C. The number of aliphatic hydroxyl groups is 2. The number of benzene rings is 2. The lowest BCUT2D eigenvalue weighted by molar-refractivity contribution is -0.373. The number of aliphatic hydroxyl groups excluding tert-OH is 2. The largest absolute Gasteiger partial charge is 0.394 e. The predicted molar refractivity (Wildman–Crippen MR) is 114 cm³/mol. The molecular weight excluding hydrogens is 452 g/mol. The van der Waals surface area contributed by atoms with Gasteiger partial charge in [0.15, 0.2) is 12.6 Å². The first-order chi connectivity index (χ1) is 14.4. The van der Waals surface area contributed by atoms with Crippen molar-refractivity contribution in [1.82, 2.24) is 0 Å². The molecule has 0 spiro atoms. The van der Waals surface area contributed by atoms with Crippen LogP contribution in [0.5, 0.6) is 0 Å². The van der Waals surface area contributed by atoms with Crippen LogP contribution in [0.15, 0.2) is 40.9 Å². The monoisotopic (exact) mass is 478 g/mol. The van der Waals surface area contributed by atoms with Crippen LogP contribution in [-0.2, 0) is 18.9 Å². The Morgan fingerprint density at radius 2 is 1.63 bits per heavy atom. The third-order valence-corrected chi connectivity index (χ3v) is 6.65. The standard InChI is InChI=1S/C23H27BrO6/c1-12-4-6-15(8-14(12)3)22-27-11-19-21(30-22)20(18(26)10-25)29-23(28-19)16-7-5-13(2)17(24)9-16/h4-9,18-23,25-26H,10-11H2,1-3H3/t18-,19+,20-,21-,22?,23?/m1/s1. The topological polar surface area (TPSA) is 77.4 Å². The molecule has 6 nitrogen and oxygen atoms in total. The van der Waals surface area contributed by atoms with Crippen molar-refractivity contribution in [1.29, 1.82) is 0 Å². The third-order valence-electron chi connectivity index (χ3n) is 5.80. The van der Waals surface area contributed by atoms with E-state index in [0.29, 0.717) is 6.61 Å². The number of halogens is 1. The average molecular weight is 479 g/mol. The molecule has 162 valence electrons. The van der Waals surface area contributed by atoms with E-state index < -0.39 is 43.6 Å². The van der Waals surface area contributed by atoms with E-state index in [-0.39, 0.29) is 0 Å². The minimum absolute atomic E-state index is 0.295. The molecule has 30 heavy (non-hydrogen) atoms. The number of aryl methyl sites for hydroxylation is 3. The van der Waals surface area contributed by atoms with Crippen LogP contribution in [0.25, 0.3) is 0 Å². The highest BCUT2D eigenvalue weighted by Crippen LogP contribution is 2.39. The summed E-state index contributed by atoms with van der Waals surface area (Å²) in [5.41, 5.74) is 5.16. The van der Waals surface area contributed by atoms with Crippen molar-refractivity contribution in [3.63, 3.8) is 0 Å². The fourth-order valence-electron chi connectivity index (χ4n) is 3.78. The molecule has 2 N–H and O–H groups in total. The molecule has 2 unspecified atom stereocenters. The molecule has 7 heteroatoms. The Morgan fingerprint density at radius 1 is 0.933 bits per heavy atom. The Morgan fingerprint density at radius 3 is 2.30 bits per heavy atom. The van der Waals surface area contributed by atoms with Gasteiger partial charge in [0.2, 0.25) is 0 Å². The molecule has 2 aliphatic heterocycles. The van der Waals surface area contributed by atoms with Gasteiger partial charge in [-0.2, -0.15) is 0 Å². The molecule has 0 amide bonds. The van der Waals surface area contributed by atoms with Gasteiger partial charge in [-0.15, -0.1) is 0 Å². The molecule has 2 aromatic rings. The van der Waals surface area contributed by atoms with E-state index in [9.17, 15) is 10.2 Å². The summed E-state index contributed by atoms with van der Waals surface area (Å²) in [7, 11) is 0. The molecule has 2 fully saturated rings. The first kappa shape index (κ1) is 21.9. The fraction of sp³-hybridized carbons (Fsp3) is 0.478. The molecule has 2 aromatic carbocycles. The van der Waals surface area contributed by atoms with Gasteiger partial charge in [0.1, 0.15) is 24.4 Å². The molecule has 4 rings (SSSR count). The molecule has 0 saturated carbocycles. The maximum absolute atomic E-state index is 10.5. The summed E-state index contributed by atoms with van der Waals surface area (Å²) in [6.07, 6.45) is -4.14. The number of hydrogen-bond donors (Lipinski definition) is 2. The van der Waals surface area contributed by atoms with Crippen LogP contribution < -0.4 is 0 Å². The van der Waals surface area contributed by atoms with Crippen molar-refractivity contribution >= 4 is 15.9 Å². The number of ether oxygens (including phenoxy) is 4. The van der Waals surface area contributed by atoms with Gasteiger partial charge in [-0.25, -0.2) is 0 Å². The second-order valence-electron chi connectivity index (χ2n) is 7.98. The van der Waals surface area contributed by atoms with E-state index in [2.05, 4.69) is 22.9 Å². The zero-order chi connectivity index (χ0) is 21.4. The van der Waals surface area contributed by atoms with Gasteiger partial charge in [-0.1, -0.05) is 46.3 Å². The van der Waals surface area contributed by atoms with E-state index in [4.69, 9.17) is 18.9 Å². The molecule has 2 aliphatic rings. The van der Waals surface area contributed by atoms with Crippen LogP contribution in [0.4, 0.5) is 0 Å². The van der Waals surface area contributed by atoms with Crippen LogP contribution in [-0.4, -0.2) is 47.8 Å². The Kier molecular flexibility index (Phi) is 6.60. The summed E-state index contributed by atoms with van der Waals surface area (Å²) in [5, 5.41) is 20.1. The Bertz CT molecular complexity index is 901. The summed E-state index contributed by atoms with van der Waals surface area (Å²) in [4.78, 5) is 0. The maximum atomic E-state index is 10.5. The molecule has 0 aliphatic carbocycles. The van der Waals surface area contributed by atoms with Crippen LogP contribution in [0.1, 0.15) is 40.4 Å². The molecule has 2 saturated heterocycles. The first-order valence-corrected chi connectivity index (χ1v) is 10.9. The Labute approximate surface area is 184 Å². The maximum Gasteiger partial charge on any atom is 0.185 e. The van der Waals surface area contributed by atoms with Gasteiger partial charge >= 0.3 is 0 Å². The highest BCUT2D eigenvalue weighted by Gasteiger charge is 2.48. The van der Waals surface area contributed by atoms with Gasteiger partial charge in [-0.05, 0) is 43.5 Å². The van der Waals surface area contributed by atoms with Gasteiger partial charge in [0, 0.05) is 15.6 Å². The van der Waals surface area contributed by atoms with Crippen LogP contribution >= 0.6 is 15.9 Å². The molecule has 0 bridgehead atoms. The van der Waals surface area contributed by atoms with Gasteiger partial charge in [0.25, 0.3) is 0 Å². The van der Waals surface area contributed by atoms with Crippen molar-refractivity contribution < 1.29 is 29.2 Å².